The second-order valence-corrected chi connectivity index (χ2v) is 3.98. The SMILES string of the molecule is CCN(CC)C(=O)c1cccc(NC=C(C#N)C#N)c1. The van der Waals surface area contributed by atoms with E-state index in [1.165, 1.54) is 6.20 Å². The predicted molar refractivity (Wildman–Crippen MR) is 76.6 cm³/mol. The van der Waals surface area contributed by atoms with Gasteiger partial charge in [0.2, 0.25) is 0 Å². The number of nitriles is 2. The van der Waals surface area contributed by atoms with E-state index in [-0.39, 0.29) is 11.5 Å². The van der Waals surface area contributed by atoms with Crippen LogP contribution in [0.2, 0.25) is 0 Å². The van der Waals surface area contributed by atoms with Crippen LogP contribution >= 0.6 is 0 Å². The standard InChI is InChI=1S/C15H16N4O/c1-3-19(4-2)15(20)13-6-5-7-14(8-13)18-11-12(9-16)10-17/h5-8,11,18H,3-4H2,1-2H3. The number of allylic oxidation sites excluding steroid dienone is 1. The van der Waals surface area contributed by atoms with Crippen molar-refractivity contribution in [1.82, 2.24) is 4.90 Å². The maximum Gasteiger partial charge on any atom is 0.253 e. The van der Waals surface area contributed by atoms with Crippen LogP contribution in [-0.2, 0) is 0 Å². The molecule has 0 aliphatic carbocycles. The Hall–Kier alpha value is -2.79. The number of carbonyl (C=O) groups excluding carboxylic acids is 1. The van der Waals surface area contributed by atoms with Crippen molar-refractivity contribution in [3.05, 3.63) is 41.6 Å². The molecule has 1 aromatic rings. The normalized spacial score (nSPS) is 9.00. The Balaban J connectivity index is 2.92. The first-order chi connectivity index (χ1) is 9.65. The number of hydrogen-bond donors (Lipinski definition) is 1. The van der Waals surface area contributed by atoms with E-state index in [1.54, 1.807) is 41.3 Å². The Morgan fingerprint density at radius 1 is 1.30 bits per heavy atom. The van der Waals surface area contributed by atoms with Crippen LogP contribution in [-0.4, -0.2) is 23.9 Å². The van der Waals surface area contributed by atoms with Crippen LogP contribution in [0.15, 0.2) is 36.0 Å². The van der Waals surface area contributed by atoms with Crippen molar-refractivity contribution >= 4 is 11.6 Å². The minimum atomic E-state index is -0.0385. The zero-order valence-electron chi connectivity index (χ0n) is 11.6. The molecule has 0 atom stereocenters. The van der Waals surface area contributed by atoms with E-state index in [2.05, 4.69) is 5.32 Å². The molecule has 5 nitrogen and oxygen atoms in total. The van der Waals surface area contributed by atoms with Crippen LogP contribution < -0.4 is 5.32 Å². The van der Waals surface area contributed by atoms with Gasteiger partial charge in [-0.3, -0.25) is 4.79 Å². The maximum absolute atomic E-state index is 12.2. The van der Waals surface area contributed by atoms with Gasteiger partial charge in [0.25, 0.3) is 5.91 Å². The zero-order chi connectivity index (χ0) is 15.0. The lowest BCUT2D eigenvalue weighted by Gasteiger charge is -2.18. The fourth-order valence-electron chi connectivity index (χ4n) is 1.68. The van der Waals surface area contributed by atoms with Gasteiger partial charge >= 0.3 is 0 Å². The second kappa shape index (κ2) is 7.60. The van der Waals surface area contributed by atoms with Crippen LogP contribution in [0.5, 0.6) is 0 Å². The van der Waals surface area contributed by atoms with Gasteiger partial charge in [0.15, 0.2) is 0 Å². The Morgan fingerprint density at radius 2 is 1.95 bits per heavy atom. The zero-order valence-corrected chi connectivity index (χ0v) is 11.6. The van der Waals surface area contributed by atoms with E-state index >= 15 is 0 Å². The number of rotatable bonds is 5. The maximum atomic E-state index is 12.2. The summed E-state index contributed by atoms with van der Waals surface area (Å²) >= 11 is 0. The number of amides is 1. The van der Waals surface area contributed by atoms with Crippen molar-refractivity contribution in [2.75, 3.05) is 18.4 Å². The molecule has 1 N–H and O–H groups in total. The first-order valence-corrected chi connectivity index (χ1v) is 6.32. The molecule has 0 radical (unpaired) electrons. The van der Waals surface area contributed by atoms with Gasteiger partial charge in [-0.1, -0.05) is 6.07 Å². The Labute approximate surface area is 118 Å². The summed E-state index contributed by atoms with van der Waals surface area (Å²) < 4.78 is 0. The average Bonchev–Trinajstić information content (AvgIpc) is 2.49. The van der Waals surface area contributed by atoms with E-state index < -0.39 is 0 Å². The fraction of sp³-hybridized carbons (Fsp3) is 0.267. The highest BCUT2D eigenvalue weighted by molar-refractivity contribution is 5.95. The lowest BCUT2D eigenvalue weighted by Crippen LogP contribution is -2.30. The van der Waals surface area contributed by atoms with Gasteiger partial charge < -0.3 is 10.2 Å². The van der Waals surface area contributed by atoms with Gasteiger partial charge in [-0.05, 0) is 32.0 Å². The Bertz CT molecular complexity index is 573. The number of benzene rings is 1. The molecule has 0 bridgehead atoms. The number of hydrogen-bond acceptors (Lipinski definition) is 4. The van der Waals surface area contributed by atoms with Crippen LogP contribution in [0.3, 0.4) is 0 Å². The summed E-state index contributed by atoms with van der Waals surface area (Å²) in [5.41, 5.74) is 1.21. The Kier molecular flexibility index (Phi) is 5.80. The summed E-state index contributed by atoms with van der Waals surface area (Å²) in [5, 5.41) is 20.1. The van der Waals surface area contributed by atoms with Crippen molar-refractivity contribution in [1.29, 1.82) is 10.5 Å². The molecule has 0 aromatic heterocycles. The molecular weight excluding hydrogens is 252 g/mol. The summed E-state index contributed by atoms with van der Waals surface area (Å²) in [6, 6.07) is 10.5. The van der Waals surface area contributed by atoms with Crippen LogP contribution in [0.1, 0.15) is 24.2 Å². The summed E-state index contributed by atoms with van der Waals surface area (Å²) in [6.07, 6.45) is 1.32. The lowest BCUT2D eigenvalue weighted by atomic mass is 10.1. The van der Waals surface area contributed by atoms with Gasteiger partial charge in [0, 0.05) is 30.5 Å². The molecule has 0 spiro atoms. The first kappa shape index (κ1) is 15.3. The molecule has 0 unspecified atom stereocenters. The second-order valence-electron chi connectivity index (χ2n) is 3.98. The highest BCUT2D eigenvalue weighted by Crippen LogP contribution is 2.13. The molecule has 0 fully saturated rings. The van der Waals surface area contributed by atoms with E-state index in [4.69, 9.17) is 10.5 Å². The van der Waals surface area contributed by atoms with Gasteiger partial charge in [-0.15, -0.1) is 0 Å². The molecule has 0 saturated carbocycles. The summed E-state index contributed by atoms with van der Waals surface area (Å²) in [7, 11) is 0. The average molecular weight is 268 g/mol. The van der Waals surface area contributed by atoms with Gasteiger partial charge in [0.05, 0.1) is 0 Å². The number of nitrogens with zero attached hydrogens (tertiary/aromatic N) is 3. The molecule has 20 heavy (non-hydrogen) atoms. The molecule has 1 aromatic carbocycles. The van der Waals surface area contributed by atoms with Gasteiger partial charge in [0.1, 0.15) is 17.7 Å². The summed E-state index contributed by atoms with van der Waals surface area (Å²) in [5.74, 6) is -0.0385. The third-order valence-corrected chi connectivity index (χ3v) is 2.78. The lowest BCUT2D eigenvalue weighted by molar-refractivity contribution is 0.0773. The quantitative estimate of drug-likeness (QED) is 0.832. The van der Waals surface area contributed by atoms with Crippen molar-refractivity contribution in [3.63, 3.8) is 0 Å². The molecule has 0 aliphatic rings. The molecule has 0 saturated heterocycles. The smallest absolute Gasteiger partial charge is 0.253 e. The van der Waals surface area contributed by atoms with E-state index in [0.717, 1.165) is 0 Å². The Morgan fingerprint density at radius 3 is 2.50 bits per heavy atom. The van der Waals surface area contributed by atoms with Gasteiger partial charge in [-0.25, -0.2) is 0 Å². The third-order valence-electron chi connectivity index (χ3n) is 2.78. The molecule has 1 amide bonds. The minimum absolute atomic E-state index is 0.0227. The predicted octanol–water partition coefficient (Wildman–Crippen LogP) is 2.51. The van der Waals surface area contributed by atoms with Gasteiger partial charge in [-0.2, -0.15) is 10.5 Å². The third kappa shape index (κ3) is 3.86. The minimum Gasteiger partial charge on any atom is -0.360 e. The summed E-state index contributed by atoms with van der Waals surface area (Å²) in [6.45, 7) is 5.16. The highest BCUT2D eigenvalue weighted by Gasteiger charge is 2.12. The van der Waals surface area contributed by atoms with E-state index in [1.807, 2.05) is 13.8 Å². The van der Waals surface area contributed by atoms with Crippen molar-refractivity contribution in [2.45, 2.75) is 13.8 Å². The highest BCUT2D eigenvalue weighted by atomic mass is 16.2. The molecule has 1 rings (SSSR count). The molecule has 102 valence electrons. The van der Waals surface area contributed by atoms with E-state index in [0.29, 0.717) is 24.3 Å². The first-order valence-electron chi connectivity index (χ1n) is 6.32. The summed E-state index contributed by atoms with van der Waals surface area (Å²) in [4.78, 5) is 13.9. The molecule has 0 heterocycles. The molecule has 0 aliphatic heterocycles. The van der Waals surface area contributed by atoms with Crippen molar-refractivity contribution < 1.29 is 4.79 Å². The number of carbonyl (C=O) groups is 1. The largest absolute Gasteiger partial charge is 0.360 e. The molecule has 5 heteroatoms. The van der Waals surface area contributed by atoms with Crippen molar-refractivity contribution in [3.8, 4) is 12.1 Å². The van der Waals surface area contributed by atoms with Crippen LogP contribution in [0, 0.1) is 22.7 Å². The van der Waals surface area contributed by atoms with Crippen LogP contribution in [0.25, 0.3) is 0 Å². The molecular formula is C15H16N4O. The fourth-order valence-corrected chi connectivity index (χ4v) is 1.68. The van der Waals surface area contributed by atoms with E-state index in [9.17, 15) is 4.79 Å². The van der Waals surface area contributed by atoms with Crippen LogP contribution in [0.4, 0.5) is 5.69 Å². The van der Waals surface area contributed by atoms with Crippen molar-refractivity contribution in [2.24, 2.45) is 0 Å². The monoisotopic (exact) mass is 268 g/mol. The number of anilines is 1. The number of nitrogens with one attached hydrogen (secondary N) is 1. The topological polar surface area (TPSA) is 79.9 Å².